The third-order valence-corrected chi connectivity index (χ3v) is 11.3. The molecule has 6 amide bonds. The predicted octanol–water partition coefficient (Wildman–Crippen LogP) is 7.36. The highest BCUT2D eigenvalue weighted by atomic mass is 16.6. The van der Waals surface area contributed by atoms with Gasteiger partial charge in [0.15, 0.2) is 0 Å². The minimum Gasteiger partial charge on any atom is -0.464 e. The van der Waals surface area contributed by atoms with E-state index in [-0.39, 0.29) is 117 Å². The summed E-state index contributed by atoms with van der Waals surface area (Å²) in [5, 5.41) is 0. The lowest BCUT2D eigenvalue weighted by molar-refractivity contribution is -0.154. The summed E-state index contributed by atoms with van der Waals surface area (Å²) in [5.41, 5.74) is -0.501. The number of carbonyl (C=O) groups excluding carboxylic acids is 12. The van der Waals surface area contributed by atoms with Crippen molar-refractivity contribution in [2.24, 2.45) is 17.3 Å². The summed E-state index contributed by atoms with van der Waals surface area (Å²) >= 11 is 0. The molecule has 0 aromatic heterocycles. The van der Waals surface area contributed by atoms with E-state index in [9.17, 15) is 57.5 Å². The molecule has 24 heteroatoms. The van der Waals surface area contributed by atoms with Crippen LogP contribution in [0.2, 0.25) is 0 Å². The molecule has 510 valence electrons. The van der Waals surface area contributed by atoms with Gasteiger partial charge in [-0.3, -0.25) is 57.5 Å². The van der Waals surface area contributed by atoms with Gasteiger partial charge in [0.25, 0.3) is 0 Å². The van der Waals surface area contributed by atoms with E-state index >= 15 is 0 Å². The summed E-state index contributed by atoms with van der Waals surface area (Å²) < 4.78 is 29.5. The van der Waals surface area contributed by atoms with E-state index in [2.05, 4.69) is 39.5 Å². The van der Waals surface area contributed by atoms with E-state index in [4.69, 9.17) is 28.4 Å². The fourth-order valence-corrected chi connectivity index (χ4v) is 6.09. The van der Waals surface area contributed by atoms with E-state index in [0.717, 1.165) is 6.42 Å². The molecule has 0 fully saturated rings. The van der Waals surface area contributed by atoms with Crippen molar-refractivity contribution in [3.05, 3.63) is 75.9 Å². The predicted molar refractivity (Wildman–Crippen MR) is 345 cm³/mol. The van der Waals surface area contributed by atoms with Crippen LogP contribution >= 0.6 is 0 Å². The van der Waals surface area contributed by atoms with Gasteiger partial charge in [-0.05, 0) is 111 Å². The molecule has 0 rings (SSSR count). The molecule has 0 aromatic rings. The molecule has 89 heavy (non-hydrogen) atoms. The van der Waals surface area contributed by atoms with Gasteiger partial charge < -0.3 is 57.8 Å². The van der Waals surface area contributed by atoms with Crippen LogP contribution in [0.15, 0.2) is 75.9 Å². The van der Waals surface area contributed by atoms with Crippen LogP contribution in [0.5, 0.6) is 0 Å². The minimum absolute atomic E-state index is 0.129. The molecule has 0 aromatic carbocycles. The highest BCUT2D eigenvalue weighted by Crippen LogP contribution is 2.15. The second-order valence-electron chi connectivity index (χ2n) is 20.1. The largest absolute Gasteiger partial charge is 0.464 e. The van der Waals surface area contributed by atoms with Gasteiger partial charge in [0, 0.05) is 65.5 Å². The first kappa shape index (κ1) is 92.2. The number of ether oxygens (including phenoxy) is 6. The molecule has 0 heterocycles. The van der Waals surface area contributed by atoms with Crippen molar-refractivity contribution in [2.45, 2.75) is 136 Å². The molecule has 0 N–H and O–H groups in total. The lowest BCUT2D eigenvalue weighted by Gasteiger charge is -2.21. The Kier molecular flexibility index (Phi) is 61.2. The second-order valence-corrected chi connectivity index (χ2v) is 20.1. The summed E-state index contributed by atoms with van der Waals surface area (Å²) in [5.74, 6) is -2.16. The number of carbonyl (C=O) groups is 12. The zero-order valence-corrected chi connectivity index (χ0v) is 56.9. The molecule has 0 radical (unpaired) electrons. The number of rotatable bonds is 36. The molecule has 0 saturated heterocycles. The van der Waals surface area contributed by atoms with Crippen LogP contribution in [0.25, 0.3) is 0 Å². The summed E-state index contributed by atoms with van der Waals surface area (Å²) in [7, 11) is 0. The number of nitrogens with zero attached hydrogens (tertiary/aromatic N) is 6. The van der Waals surface area contributed by atoms with Crippen molar-refractivity contribution in [2.75, 3.05) is 118 Å². The lowest BCUT2D eigenvalue weighted by atomic mass is 9.97. The quantitative estimate of drug-likeness (QED) is 0.0336. The van der Waals surface area contributed by atoms with Crippen molar-refractivity contribution >= 4 is 71.3 Å². The third-order valence-electron chi connectivity index (χ3n) is 11.3. The minimum atomic E-state index is -0.501. The Hall–Kier alpha value is -7.92. The van der Waals surface area contributed by atoms with E-state index in [1.54, 1.807) is 70.9 Å². The number of hydrogen-bond donors (Lipinski definition) is 0. The van der Waals surface area contributed by atoms with E-state index in [1.165, 1.54) is 43.4 Å². The van der Waals surface area contributed by atoms with Crippen LogP contribution in [0, 0.1) is 17.3 Å². The highest BCUT2D eigenvalue weighted by molar-refractivity contribution is 5.89. The summed E-state index contributed by atoms with van der Waals surface area (Å²) in [6.07, 6.45) is 9.54. The van der Waals surface area contributed by atoms with Crippen molar-refractivity contribution < 1.29 is 86.0 Å². The van der Waals surface area contributed by atoms with Crippen molar-refractivity contribution in [3.8, 4) is 0 Å². The zero-order valence-electron chi connectivity index (χ0n) is 56.9. The maximum absolute atomic E-state index is 11.4. The van der Waals surface area contributed by atoms with Crippen LogP contribution < -0.4 is 0 Å². The molecule has 0 aliphatic rings. The average Bonchev–Trinajstić information content (AvgIpc) is 3.55. The monoisotopic (exact) mass is 1260 g/mol. The average molecular weight is 1270 g/mol. The molecule has 0 atom stereocenters. The Balaban J connectivity index is -0.000000233. The maximum atomic E-state index is 11.4. The molecule has 0 bridgehead atoms. The van der Waals surface area contributed by atoms with Crippen LogP contribution in [0.1, 0.15) is 136 Å². The van der Waals surface area contributed by atoms with E-state index in [0.29, 0.717) is 104 Å². The van der Waals surface area contributed by atoms with Crippen molar-refractivity contribution in [1.29, 1.82) is 0 Å². The molecule has 24 nitrogen and oxygen atoms in total. The zero-order chi connectivity index (χ0) is 70.1. The van der Waals surface area contributed by atoms with Crippen molar-refractivity contribution in [1.82, 2.24) is 29.4 Å². The first-order valence-electron chi connectivity index (χ1n) is 30.2. The number of hydrogen-bond acceptors (Lipinski definition) is 18. The van der Waals surface area contributed by atoms with Crippen LogP contribution in [0.3, 0.4) is 0 Å². The Bertz CT molecular complexity index is 2150. The summed E-state index contributed by atoms with van der Waals surface area (Å²) in [6.45, 7) is 56.9. The summed E-state index contributed by atoms with van der Waals surface area (Å²) in [6, 6.07) is 0. The van der Waals surface area contributed by atoms with Crippen LogP contribution in [-0.4, -0.2) is 219 Å². The Morgan fingerprint density at radius 2 is 0.640 bits per heavy atom. The standard InChI is InChI=1S/2C12H21NO3.2C11H19NO3.C10H17NO3.C9H15NO3/c1-6-10(14)13(7-2)8-9-16-11(15)12(3,4)5;1-5-11(14)13(6-2)7-8-16-12(15)9-10(3)4;1-5-10(13)12(6-2)7-8-15-11(14)9(3)4;1-4-7-11(14)15-9-8-12(6-3)10(13)5-2;1-4-9(12)11(6-3)7-8-14-10(13)5-2;1-4-9(12)10(5-2)6-7-13-8(3)11/h6H,1,7-9H2,2-5H3;5,10H,1,6-9H2,2-4H3;5,9H,1,6-8H2,2-4H3;5H,2,4,6-9H2,1,3H3;4H,1,5-8H2,2-3H3;4H,1,5-7H2,2-3H3. The number of esters is 6. The van der Waals surface area contributed by atoms with E-state index in [1.807, 2.05) is 62.3 Å². The Morgan fingerprint density at radius 1 is 0.382 bits per heavy atom. The highest BCUT2D eigenvalue weighted by Gasteiger charge is 2.23. The van der Waals surface area contributed by atoms with Gasteiger partial charge in [0.2, 0.25) is 35.4 Å². The Labute approximate surface area is 532 Å². The van der Waals surface area contributed by atoms with Gasteiger partial charge in [-0.25, -0.2) is 0 Å². The first-order valence-corrected chi connectivity index (χ1v) is 30.2. The van der Waals surface area contributed by atoms with Crippen molar-refractivity contribution in [3.63, 3.8) is 0 Å². The molecule has 0 saturated carbocycles. The van der Waals surface area contributed by atoms with Gasteiger partial charge in [0.1, 0.15) is 39.6 Å². The molecular weight excluding hydrogens is 1150 g/mol. The van der Waals surface area contributed by atoms with Crippen LogP contribution in [0.4, 0.5) is 0 Å². The van der Waals surface area contributed by atoms with Gasteiger partial charge in [-0.1, -0.05) is 81.0 Å². The topological polar surface area (TPSA) is 280 Å². The number of likely N-dealkylation sites (N-methyl/N-ethyl adjacent to an activating group) is 6. The molecule has 0 spiro atoms. The second kappa shape index (κ2) is 59.1. The first-order chi connectivity index (χ1) is 41.8. The van der Waals surface area contributed by atoms with Crippen LogP contribution in [-0.2, 0) is 86.0 Å². The summed E-state index contributed by atoms with van der Waals surface area (Å²) in [4.78, 5) is 143. The molecule has 0 aliphatic heterocycles. The van der Waals surface area contributed by atoms with Gasteiger partial charge >= 0.3 is 35.8 Å². The normalized spacial score (nSPS) is 9.78. The molecule has 0 aliphatic carbocycles. The maximum Gasteiger partial charge on any atom is 0.311 e. The van der Waals surface area contributed by atoms with E-state index < -0.39 is 5.41 Å². The third kappa shape index (κ3) is 54.0. The number of amides is 6. The molecular formula is C65H112N6O18. The SMILES string of the molecule is C=CC(=O)N(CC)CCOC(=O)C(C)(C)C.C=CC(=O)N(CC)CCOC(=O)C(C)C.C=CC(=O)N(CC)CCOC(=O)CC.C=CC(=O)N(CC)CCOC(=O)CC(C)C.C=CC(=O)N(CC)CCOC(=O)CCC.C=CC(=O)N(CC)CCOC(C)=O. The Morgan fingerprint density at radius 3 is 0.865 bits per heavy atom. The molecule has 0 unspecified atom stereocenters. The lowest BCUT2D eigenvalue weighted by Crippen LogP contribution is -2.34. The van der Waals surface area contributed by atoms with Gasteiger partial charge in [-0.15, -0.1) is 0 Å². The fourth-order valence-electron chi connectivity index (χ4n) is 6.09. The smallest absolute Gasteiger partial charge is 0.311 e. The van der Waals surface area contributed by atoms with Gasteiger partial charge in [-0.2, -0.15) is 0 Å². The van der Waals surface area contributed by atoms with Gasteiger partial charge in [0.05, 0.1) is 50.6 Å². The fraction of sp³-hybridized carbons (Fsp3) is 0.631.